The molecule has 126 valence electrons. The van der Waals surface area contributed by atoms with Gasteiger partial charge < -0.3 is 9.32 Å². The lowest BCUT2D eigenvalue weighted by molar-refractivity contribution is 0.0797. The molecule has 5 nitrogen and oxygen atoms in total. The molecule has 0 unspecified atom stereocenters. The van der Waals surface area contributed by atoms with Gasteiger partial charge in [-0.25, -0.2) is 4.98 Å². The summed E-state index contributed by atoms with van der Waals surface area (Å²) in [5.74, 6) is 0.505. The molecule has 25 heavy (non-hydrogen) atoms. The summed E-state index contributed by atoms with van der Waals surface area (Å²) in [5.41, 5.74) is 3.14. The quantitative estimate of drug-likeness (QED) is 0.625. The van der Waals surface area contributed by atoms with Crippen molar-refractivity contribution in [3.63, 3.8) is 0 Å². The second-order valence-electron chi connectivity index (χ2n) is 5.53. The van der Waals surface area contributed by atoms with E-state index < -0.39 is 0 Å². The van der Waals surface area contributed by atoms with Crippen molar-refractivity contribution in [2.24, 2.45) is 0 Å². The van der Waals surface area contributed by atoms with Gasteiger partial charge in [-0.05, 0) is 23.8 Å². The van der Waals surface area contributed by atoms with Crippen LogP contribution in [-0.2, 0) is 5.75 Å². The van der Waals surface area contributed by atoms with Crippen molar-refractivity contribution in [2.45, 2.75) is 17.4 Å². The van der Waals surface area contributed by atoms with Crippen LogP contribution in [-0.4, -0.2) is 29.4 Å². The zero-order valence-electron chi connectivity index (χ0n) is 13.8. The molecule has 0 spiro atoms. The molecule has 3 rings (SSSR count). The topological polar surface area (TPSA) is 70.1 Å². The number of rotatable bonds is 6. The number of thioether (sulfide) groups is 1. The Kier molecular flexibility index (Phi) is 5.36. The van der Waals surface area contributed by atoms with Gasteiger partial charge in [0.1, 0.15) is 5.52 Å². The van der Waals surface area contributed by atoms with E-state index in [1.54, 1.807) is 11.9 Å². The van der Waals surface area contributed by atoms with E-state index in [1.165, 1.54) is 11.8 Å². The summed E-state index contributed by atoms with van der Waals surface area (Å²) in [6, 6.07) is 17.2. The van der Waals surface area contributed by atoms with Gasteiger partial charge in [-0.3, -0.25) is 4.79 Å². The molecule has 0 aliphatic heterocycles. The highest BCUT2D eigenvalue weighted by molar-refractivity contribution is 7.98. The number of carbonyl (C=O) groups excluding carboxylic acids is 1. The number of aromatic nitrogens is 1. The van der Waals surface area contributed by atoms with Gasteiger partial charge in [-0.1, -0.05) is 42.1 Å². The molecule has 1 amide bonds. The van der Waals surface area contributed by atoms with E-state index in [0.29, 0.717) is 29.5 Å². The fourth-order valence-corrected chi connectivity index (χ4v) is 3.27. The van der Waals surface area contributed by atoms with Crippen molar-refractivity contribution in [3.8, 4) is 6.07 Å². The summed E-state index contributed by atoms with van der Waals surface area (Å²) in [4.78, 5) is 18.6. The molecular formula is C19H17N3O2S. The largest absolute Gasteiger partial charge is 0.431 e. The van der Waals surface area contributed by atoms with Crippen molar-refractivity contribution in [1.82, 2.24) is 9.88 Å². The van der Waals surface area contributed by atoms with Gasteiger partial charge in [0.15, 0.2) is 5.58 Å². The monoisotopic (exact) mass is 351 g/mol. The lowest BCUT2D eigenvalue weighted by Crippen LogP contribution is -2.28. The van der Waals surface area contributed by atoms with Crippen LogP contribution >= 0.6 is 11.8 Å². The van der Waals surface area contributed by atoms with Gasteiger partial charge in [0, 0.05) is 24.9 Å². The van der Waals surface area contributed by atoms with Crippen molar-refractivity contribution in [2.75, 3.05) is 13.6 Å². The summed E-state index contributed by atoms with van der Waals surface area (Å²) in [6.45, 7) is 0.419. The Morgan fingerprint density at radius 3 is 2.80 bits per heavy atom. The van der Waals surface area contributed by atoms with Crippen LogP contribution in [0.1, 0.15) is 22.3 Å². The molecule has 1 heterocycles. The second kappa shape index (κ2) is 7.86. The Morgan fingerprint density at radius 1 is 1.24 bits per heavy atom. The van der Waals surface area contributed by atoms with E-state index in [0.717, 1.165) is 16.7 Å². The number of nitriles is 1. The number of benzene rings is 2. The normalized spacial score (nSPS) is 10.6. The first kappa shape index (κ1) is 17.1. The fraction of sp³-hybridized carbons (Fsp3) is 0.211. The van der Waals surface area contributed by atoms with Crippen LogP contribution in [0.5, 0.6) is 0 Å². The minimum absolute atomic E-state index is 0.0796. The highest BCUT2D eigenvalue weighted by atomic mass is 32.2. The molecule has 1 aromatic heterocycles. The fourth-order valence-electron chi connectivity index (χ4n) is 2.43. The van der Waals surface area contributed by atoms with E-state index in [9.17, 15) is 4.79 Å². The Labute approximate surface area is 150 Å². The van der Waals surface area contributed by atoms with E-state index in [1.807, 2.05) is 48.5 Å². The Morgan fingerprint density at radius 2 is 2.00 bits per heavy atom. The average molecular weight is 351 g/mol. The number of amides is 1. The smallest absolute Gasteiger partial charge is 0.257 e. The zero-order valence-corrected chi connectivity index (χ0v) is 14.6. The van der Waals surface area contributed by atoms with Crippen molar-refractivity contribution in [3.05, 3.63) is 59.7 Å². The van der Waals surface area contributed by atoms with Crippen LogP contribution in [0.15, 0.2) is 58.2 Å². The third-order valence-corrected chi connectivity index (χ3v) is 4.66. The lowest BCUT2D eigenvalue weighted by Gasteiger charge is -2.17. The van der Waals surface area contributed by atoms with Crippen LogP contribution in [0, 0.1) is 11.3 Å². The number of para-hydroxylation sites is 2. The summed E-state index contributed by atoms with van der Waals surface area (Å²) >= 11 is 1.46. The number of hydrogen-bond acceptors (Lipinski definition) is 5. The molecular weight excluding hydrogens is 334 g/mol. The Balaban J connectivity index is 1.74. The summed E-state index contributed by atoms with van der Waals surface area (Å²) in [6.07, 6.45) is 0.321. The molecule has 0 saturated carbocycles. The maximum absolute atomic E-state index is 12.6. The van der Waals surface area contributed by atoms with Crippen LogP contribution in [0.25, 0.3) is 11.1 Å². The molecule has 3 aromatic rings. The van der Waals surface area contributed by atoms with Gasteiger partial charge in [-0.15, -0.1) is 0 Å². The van der Waals surface area contributed by atoms with E-state index in [2.05, 4.69) is 11.1 Å². The first-order chi connectivity index (χ1) is 12.2. The van der Waals surface area contributed by atoms with Gasteiger partial charge in [-0.2, -0.15) is 5.26 Å². The number of nitrogens with zero attached hydrogens (tertiary/aromatic N) is 3. The molecule has 0 bridgehead atoms. The van der Waals surface area contributed by atoms with Gasteiger partial charge in [0.2, 0.25) is 0 Å². The molecule has 0 fully saturated rings. The van der Waals surface area contributed by atoms with Gasteiger partial charge in [0.25, 0.3) is 11.1 Å². The van der Waals surface area contributed by atoms with Crippen molar-refractivity contribution in [1.29, 1.82) is 5.26 Å². The predicted octanol–water partition coefficient (Wildman–Crippen LogP) is 4.11. The van der Waals surface area contributed by atoms with Crippen LogP contribution in [0.2, 0.25) is 0 Å². The molecule has 0 saturated heterocycles. The summed E-state index contributed by atoms with van der Waals surface area (Å²) in [5, 5.41) is 9.27. The van der Waals surface area contributed by atoms with Crippen LogP contribution in [0.3, 0.4) is 0 Å². The minimum atomic E-state index is -0.0796. The number of oxazole rings is 1. The predicted molar refractivity (Wildman–Crippen MR) is 97.2 cm³/mol. The van der Waals surface area contributed by atoms with Crippen molar-refractivity contribution < 1.29 is 9.21 Å². The molecule has 0 aliphatic carbocycles. The lowest BCUT2D eigenvalue weighted by atomic mass is 10.1. The maximum atomic E-state index is 12.6. The van der Waals surface area contributed by atoms with Gasteiger partial charge in [0.05, 0.1) is 12.5 Å². The molecule has 6 heteroatoms. The molecule has 0 radical (unpaired) electrons. The van der Waals surface area contributed by atoms with E-state index in [4.69, 9.17) is 9.68 Å². The summed E-state index contributed by atoms with van der Waals surface area (Å²) < 4.78 is 5.71. The van der Waals surface area contributed by atoms with E-state index >= 15 is 0 Å². The number of fused-ring (bicyclic) bond motifs is 1. The standard InChI is InChI=1S/C19H17N3O2S/c1-22(12-6-11-20)18(23)15-8-3-2-7-14(15)13-25-19-21-16-9-4-5-10-17(16)24-19/h2-5,7-10H,6,12-13H2,1H3. The average Bonchev–Trinajstić information content (AvgIpc) is 3.07. The van der Waals surface area contributed by atoms with Crippen LogP contribution < -0.4 is 0 Å². The second-order valence-corrected chi connectivity index (χ2v) is 6.45. The maximum Gasteiger partial charge on any atom is 0.257 e. The SMILES string of the molecule is CN(CCC#N)C(=O)c1ccccc1CSc1nc2ccccc2o1. The Hall–Kier alpha value is -2.78. The van der Waals surface area contributed by atoms with Crippen LogP contribution in [0.4, 0.5) is 0 Å². The number of hydrogen-bond donors (Lipinski definition) is 0. The van der Waals surface area contributed by atoms with Gasteiger partial charge >= 0.3 is 0 Å². The molecule has 0 aliphatic rings. The third-order valence-electron chi connectivity index (χ3n) is 3.78. The minimum Gasteiger partial charge on any atom is -0.431 e. The van der Waals surface area contributed by atoms with E-state index in [-0.39, 0.29) is 5.91 Å². The zero-order chi connectivity index (χ0) is 17.6. The highest BCUT2D eigenvalue weighted by Crippen LogP contribution is 2.27. The Bertz CT molecular complexity index is 897. The molecule has 0 atom stereocenters. The third kappa shape index (κ3) is 4.01. The molecule has 0 N–H and O–H groups in total. The summed E-state index contributed by atoms with van der Waals surface area (Å²) in [7, 11) is 1.71. The highest BCUT2D eigenvalue weighted by Gasteiger charge is 2.16. The molecule has 2 aromatic carbocycles. The first-order valence-corrected chi connectivity index (χ1v) is 8.86. The van der Waals surface area contributed by atoms with Crippen molar-refractivity contribution >= 4 is 28.8 Å². The number of carbonyl (C=O) groups is 1. The first-order valence-electron chi connectivity index (χ1n) is 7.87.